The summed E-state index contributed by atoms with van der Waals surface area (Å²) >= 11 is 0. The molecule has 1 aromatic carbocycles. The van der Waals surface area contributed by atoms with E-state index in [4.69, 9.17) is 0 Å². The normalized spacial score (nSPS) is 12.8. The van der Waals surface area contributed by atoms with E-state index in [1.807, 2.05) is 19.1 Å². The van der Waals surface area contributed by atoms with Crippen LogP contribution in [-0.2, 0) is 0 Å². The second-order valence-electron chi connectivity index (χ2n) is 4.26. The van der Waals surface area contributed by atoms with Gasteiger partial charge in [0, 0.05) is 6.04 Å². The molecule has 0 bridgehead atoms. The van der Waals surface area contributed by atoms with E-state index in [1.54, 1.807) is 6.07 Å². The molecule has 1 unspecified atom stereocenters. The molecular formula is C14H22FN. The van der Waals surface area contributed by atoms with Crippen molar-refractivity contribution >= 4 is 0 Å². The van der Waals surface area contributed by atoms with Gasteiger partial charge in [-0.2, -0.15) is 0 Å². The average Bonchev–Trinajstić information content (AvgIpc) is 2.28. The van der Waals surface area contributed by atoms with Gasteiger partial charge in [-0.25, -0.2) is 4.39 Å². The van der Waals surface area contributed by atoms with Crippen LogP contribution in [0, 0.1) is 12.7 Å². The van der Waals surface area contributed by atoms with Crippen LogP contribution >= 0.6 is 0 Å². The van der Waals surface area contributed by atoms with E-state index in [0.717, 1.165) is 18.5 Å². The van der Waals surface area contributed by atoms with E-state index in [-0.39, 0.29) is 5.82 Å². The average molecular weight is 223 g/mol. The molecule has 2 heteroatoms. The molecule has 1 nitrogen and oxygen atoms in total. The van der Waals surface area contributed by atoms with Gasteiger partial charge in [0.25, 0.3) is 0 Å². The van der Waals surface area contributed by atoms with Crippen LogP contribution in [0.2, 0.25) is 0 Å². The van der Waals surface area contributed by atoms with Gasteiger partial charge < -0.3 is 5.32 Å². The van der Waals surface area contributed by atoms with Gasteiger partial charge in [-0.05, 0) is 37.1 Å². The Balaban J connectivity index is 2.78. The van der Waals surface area contributed by atoms with Crippen molar-refractivity contribution in [1.82, 2.24) is 5.32 Å². The van der Waals surface area contributed by atoms with E-state index in [2.05, 4.69) is 19.2 Å². The molecule has 0 aliphatic carbocycles. The van der Waals surface area contributed by atoms with Gasteiger partial charge in [0.2, 0.25) is 0 Å². The molecule has 90 valence electrons. The van der Waals surface area contributed by atoms with Crippen molar-refractivity contribution in [2.24, 2.45) is 0 Å². The van der Waals surface area contributed by atoms with E-state index in [1.165, 1.54) is 18.4 Å². The first-order chi connectivity index (χ1) is 7.69. The Labute approximate surface area is 98.1 Å². The third-order valence-electron chi connectivity index (χ3n) is 2.88. The molecule has 0 amide bonds. The van der Waals surface area contributed by atoms with E-state index in [0.29, 0.717) is 6.04 Å². The molecule has 0 fully saturated rings. The molecule has 16 heavy (non-hydrogen) atoms. The second-order valence-corrected chi connectivity index (χ2v) is 4.26. The monoisotopic (exact) mass is 223 g/mol. The number of hydrogen-bond donors (Lipinski definition) is 1. The first kappa shape index (κ1) is 13.2. The predicted octanol–water partition coefficient (Wildman–Crippen LogP) is 3.97. The lowest BCUT2D eigenvalue weighted by Gasteiger charge is -2.18. The van der Waals surface area contributed by atoms with Crippen molar-refractivity contribution < 1.29 is 4.39 Å². The quantitative estimate of drug-likeness (QED) is 0.769. The van der Waals surface area contributed by atoms with Gasteiger partial charge in [-0.15, -0.1) is 0 Å². The van der Waals surface area contributed by atoms with Crippen molar-refractivity contribution in [3.8, 4) is 0 Å². The van der Waals surface area contributed by atoms with Crippen molar-refractivity contribution in [2.75, 3.05) is 6.54 Å². The third-order valence-corrected chi connectivity index (χ3v) is 2.88. The van der Waals surface area contributed by atoms with Gasteiger partial charge in [0.05, 0.1) is 0 Å². The van der Waals surface area contributed by atoms with E-state index >= 15 is 0 Å². The largest absolute Gasteiger partial charge is 0.310 e. The SMILES string of the molecule is CCCCC(NCC)c1ccc(F)c(C)c1. The van der Waals surface area contributed by atoms with Crippen LogP contribution < -0.4 is 5.32 Å². The lowest BCUT2D eigenvalue weighted by atomic mass is 9.99. The number of hydrogen-bond acceptors (Lipinski definition) is 1. The highest BCUT2D eigenvalue weighted by Crippen LogP contribution is 2.21. The van der Waals surface area contributed by atoms with Crippen molar-refractivity contribution in [3.05, 3.63) is 35.1 Å². The predicted molar refractivity (Wildman–Crippen MR) is 67.1 cm³/mol. The molecule has 0 saturated heterocycles. The molecule has 0 radical (unpaired) electrons. The summed E-state index contributed by atoms with van der Waals surface area (Å²) in [5.74, 6) is -0.116. The first-order valence-corrected chi connectivity index (χ1v) is 6.18. The molecule has 1 atom stereocenters. The maximum absolute atomic E-state index is 13.2. The molecule has 0 aliphatic rings. The van der Waals surface area contributed by atoms with Crippen LogP contribution in [0.5, 0.6) is 0 Å². The fourth-order valence-electron chi connectivity index (χ4n) is 1.93. The lowest BCUT2D eigenvalue weighted by molar-refractivity contribution is 0.493. The molecule has 0 aliphatic heterocycles. The van der Waals surface area contributed by atoms with Crippen molar-refractivity contribution in [3.63, 3.8) is 0 Å². The fraction of sp³-hybridized carbons (Fsp3) is 0.571. The Morgan fingerprint density at radius 1 is 1.31 bits per heavy atom. The standard InChI is InChI=1S/C14H22FN/c1-4-6-7-14(16-5-2)12-8-9-13(15)11(3)10-12/h8-10,14,16H,4-7H2,1-3H3. The zero-order valence-electron chi connectivity index (χ0n) is 10.5. The van der Waals surface area contributed by atoms with Crippen LogP contribution in [0.25, 0.3) is 0 Å². The summed E-state index contributed by atoms with van der Waals surface area (Å²) in [7, 11) is 0. The molecule has 1 rings (SSSR count). The lowest BCUT2D eigenvalue weighted by Crippen LogP contribution is -2.21. The van der Waals surface area contributed by atoms with Crippen LogP contribution in [0.15, 0.2) is 18.2 Å². The minimum Gasteiger partial charge on any atom is -0.310 e. The summed E-state index contributed by atoms with van der Waals surface area (Å²) in [4.78, 5) is 0. The Hall–Kier alpha value is -0.890. The Bertz CT molecular complexity index is 323. The van der Waals surface area contributed by atoms with Gasteiger partial charge in [-0.3, -0.25) is 0 Å². The highest BCUT2D eigenvalue weighted by Gasteiger charge is 2.10. The Morgan fingerprint density at radius 2 is 2.06 bits per heavy atom. The first-order valence-electron chi connectivity index (χ1n) is 6.18. The number of benzene rings is 1. The maximum atomic E-state index is 13.2. The molecule has 0 heterocycles. The van der Waals surface area contributed by atoms with Gasteiger partial charge in [-0.1, -0.05) is 38.8 Å². The highest BCUT2D eigenvalue weighted by atomic mass is 19.1. The molecular weight excluding hydrogens is 201 g/mol. The van der Waals surface area contributed by atoms with Crippen LogP contribution in [-0.4, -0.2) is 6.54 Å². The Kier molecular flexibility index (Phi) is 5.47. The van der Waals surface area contributed by atoms with Crippen LogP contribution in [0.1, 0.15) is 50.3 Å². The molecule has 1 N–H and O–H groups in total. The van der Waals surface area contributed by atoms with Gasteiger partial charge in [0.15, 0.2) is 0 Å². The summed E-state index contributed by atoms with van der Waals surface area (Å²) in [5.41, 5.74) is 1.94. The van der Waals surface area contributed by atoms with Gasteiger partial charge >= 0.3 is 0 Å². The minimum absolute atomic E-state index is 0.116. The number of aryl methyl sites for hydroxylation is 1. The number of nitrogens with one attached hydrogen (secondary N) is 1. The summed E-state index contributed by atoms with van der Waals surface area (Å²) in [6.45, 7) is 7.07. The summed E-state index contributed by atoms with van der Waals surface area (Å²) in [6.07, 6.45) is 3.52. The fourth-order valence-corrected chi connectivity index (χ4v) is 1.93. The smallest absolute Gasteiger partial charge is 0.126 e. The zero-order chi connectivity index (χ0) is 12.0. The van der Waals surface area contributed by atoms with Gasteiger partial charge in [0.1, 0.15) is 5.82 Å². The number of rotatable bonds is 6. The minimum atomic E-state index is -0.116. The zero-order valence-corrected chi connectivity index (χ0v) is 10.5. The highest BCUT2D eigenvalue weighted by molar-refractivity contribution is 5.26. The summed E-state index contributed by atoms with van der Waals surface area (Å²) < 4.78 is 13.2. The molecule has 0 aromatic heterocycles. The van der Waals surface area contributed by atoms with E-state index in [9.17, 15) is 4.39 Å². The summed E-state index contributed by atoms with van der Waals surface area (Å²) in [6, 6.07) is 5.79. The topological polar surface area (TPSA) is 12.0 Å². The van der Waals surface area contributed by atoms with Crippen molar-refractivity contribution in [1.29, 1.82) is 0 Å². The summed E-state index contributed by atoms with van der Waals surface area (Å²) in [5, 5.41) is 3.46. The van der Waals surface area contributed by atoms with Crippen LogP contribution in [0.4, 0.5) is 4.39 Å². The van der Waals surface area contributed by atoms with Crippen molar-refractivity contribution in [2.45, 2.75) is 46.1 Å². The number of unbranched alkanes of at least 4 members (excludes halogenated alkanes) is 1. The molecule has 0 spiro atoms. The Morgan fingerprint density at radius 3 is 2.62 bits per heavy atom. The second kappa shape index (κ2) is 6.64. The van der Waals surface area contributed by atoms with Crippen LogP contribution in [0.3, 0.4) is 0 Å². The molecule has 1 aromatic rings. The van der Waals surface area contributed by atoms with E-state index < -0.39 is 0 Å². The maximum Gasteiger partial charge on any atom is 0.126 e. The third kappa shape index (κ3) is 3.60. The molecule has 0 saturated carbocycles. The number of halogens is 1.